The summed E-state index contributed by atoms with van der Waals surface area (Å²) in [6.45, 7) is 14.0. The molecule has 0 aromatic heterocycles. The van der Waals surface area contributed by atoms with E-state index in [2.05, 4.69) is 57.0 Å². The van der Waals surface area contributed by atoms with Crippen molar-refractivity contribution < 1.29 is 0 Å². The van der Waals surface area contributed by atoms with Crippen molar-refractivity contribution in [1.82, 2.24) is 9.25 Å². The standard InChI is InChI=1S/C18H36N2S5/c1-7-9-11-13-17(3,4)23-22-16-15-19-20(21-16)25-24-18(5,6)14-12-10-8-2/h15,19H,7-14H2,1-6H3. The highest BCUT2D eigenvalue weighted by Crippen LogP contribution is 2.52. The van der Waals surface area contributed by atoms with Gasteiger partial charge in [-0.25, -0.2) is 0 Å². The minimum absolute atomic E-state index is 0.327. The number of hydrazine groups is 1. The largest absolute Gasteiger partial charge is 0.304 e. The van der Waals surface area contributed by atoms with Crippen molar-refractivity contribution in [1.29, 1.82) is 0 Å². The molecule has 0 radical (unpaired) electrons. The van der Waals surface area contributed by atoms with Gasteiger partial charge >= 0.3 is 0 Å². The first-order chi connectivity index (χ1) is 11.8. The van der Waals surface area contributed by atoms with Crippen LogP contribution in [-0.4, -0.2) is 13.3 Å². The van der Waals surface area contributed by atoms with Crippen LogP contribution in [0.15, 0.2) is 10.4 Å². The van der Waals surface area contributed by atoms with Crippen molar-refractivity contribution >= 4 is 55.3 Å². The quantitative estimate of drug-likeness (QED) is 0.163. The third kappa shape index (κ3) is 11.6. The van der Waals surface area contributed by atoms with Gasteiger partial charge in [-0.2, -0.15) is 0 Å². The molecule has 25 heavy (non-hydrogen) atoms. The molecule has 0 saturated heterocycles. The summed E-state index contributed by atoms with van der Waals surface area (Å²) >= 11 is 1.82. The average Bonchev–Trinajstić information content (AvgIpc) is 3.00. The molecule has 7 heteroatoms. The van der Waals surface area contributed by atoms with Gasteiger partial charge in [-0.1, -0.05) is 77.8 Å². The Bertz CT molecular complexity index is 399. The highest BCUT2D eigenvalue weighted by Gasteiger charge is 2.25. The molecule has 0 atom stereocenters. The highest BCUT2D eigenvalue weighted by atomic mass is 33.1. The molecular formula is C18H36N2S5. The third-order valence-corrected chi connectivity index (χ3v) is 12.2. The summed E-state index contributed by atoms with van der Waals surface area (Å²) in [4.78, 5) is 0. The number of hydrogen-bond donors (Lipinski definition) is 1. The Kier molecular flexibility index (Phi) is 12.3. The smallest absolute Gasteiger partial charge is 0.0865 e. The van der Waals surface area contributed by atoms with Crippen LogP contribution in [0, 0.1) is 0 Å². The maximum atomic E-state index is 3.38. The summed E-state index contributed by atoms with van der Waals surface area (Å²) < 4.78 is 4.20. The lowest BCUT2D eigenvalue weighted by Crippen LogP contribution is -2.18. The number of unbranched alkanes of at least 4 members (excludes halogenated alkanes) is 4. The number of nitrogens with one attached hydrogen (secondary N) is 1. The Morgan fingerprint density at radius 3 is 2.04 bits per heavy atom. The van der Waals surface area contributed by atoms with Crippen molar-refractivity contribution in [3.63, 3.8) is 0 Å². The monoisotopic (exact) mass is 440 g/mol. The first-order valence-electron chi connectivity index (χ1n) is 9.44. The molecule has 0 aliphatic carbocycles. The summed E-state index contributed by atoms with van der Waals surface area (Å²) in [6.07, 6.45) is 12.7. The second-order valence-corrected chi connectivity index (χ2v) is 14.8. The zero-order valence-corrected chi connectivity index (χ0v) is 20.8. The normalized spacial score (nSPS) is 16.2. The molecular weight excluding hydrogens is 405 g/mol. The topological polar surface area (TPSA) is 15.3 Å². The highest BCUT2D eigenvalue weighted by molar-refractivity contribution is 8.81. The molecule has 0 fully saturated rings. The number of hydrogen-bond acceptors (Lipinski definition) is 7. The Morgan fingerprint density at radius 1 is 0.920 bits per heavy atom. The molecule has 0 amide bonds. The molecule has 1 heterocycles. The second-order valence-electron chi connectivity index (χ2n) is 7.70. The predicted octanol–water partition coefficient (Wildman–Crippen LogP) is 8.65. The Hall–Kier alpha value is 1.25. The molecule has 1 rings (SSSR count). The molecule has 0 aromatic carbocycles. The molecule has 1 N–H and O–H groups in total. The molecule has 0 saturated carbocycles. The van der Waals surface area contributed by atoms with Crippen molar-refractivity contribution in [3.05, 3.63) is 10.4 Å². The molecule has 1 aliphatic rings. The summed E-state index contributed by atoms with van der Waals surface area (Å²) in [6, 6.07) is 0. The third-order valence-electron chi connectivity index (χ3n) is 3.91. The van der Waals surface area contributed by atoms with Crippen LogP contribution in [0.2, 0.25) is 0 Å². The molecule has 148 valence electrons. The van der Waals surface area contributed by atoms with Crippen LogP contribution in [0.4, 0.5) is 0 Å². The van der Waals surface area contributed by atoms with Gasteiger partial charge in [0.25, 0.3) is 0 Å². The van der Waals surface area contributed by atoms with E-state index in [-0.39, 0.29) is 0 Å². The van der Waals surface area contributed by atoms with Gasteiger partial charge < -0.3 is 5.43 Å². The van der Waals surface area contributed by atoms with E-state index in [4.69, 9.17) is 0 Å². The molecule has 0 spiro atoms. The van der Waals surface area contributed by atoms with Gasteiger partial charge in [0.1, 0.15) is 0 Å². The van der Waals surface area contributed by atoms with Gasteiger partial charge in [-0.15, -0.1) is 0 Å². The van der Waals surface area contributed by atoms with Crippen molar-refractivity contribution in [2.75, 3.05) is 0 Å². The lowest BCUT2D eigenvalue weighted by Gasteiger charge is -2.25. The van der Waals surface area contributed by atoms with E-state index in [9.17, 15) is 0 Å². The van der Waals surface area contributed by atoms with E-state index in [0.717, 1.165) is 0 Å². The van der Waals surface area contributed by atoms with Gasteiger partial charge in [0.05, 0.1) is 4.24 Å². The van der Waals surface area contributed by atoms with E-state index in [1.54, 1.807) is 0 Å². The van der Waals surface area contributed by atoms with Gasteiger partial charge in [-0.05, 0) is 51.3 Å². The van der Waals surface area contributed by atoms with Crippen LogP contribution in [0.25, 0.3) is 0 Å². The minimum Gasteiger partial charge on any atom is -0.304 e. The predicted molar refractivity (Wildman–Crippen MR) is 127 cm³/mol. The fraction of sp³-hybridized carbons (Fsp3) is 0.889. The van der Waals surface area contributed by atoms with E-state index in [0.29, 0.717) is 9.49 Å². The average molecular weight is 441 g/mol. The molecule has 0 aromatic rings. The molecule has 0 unspecified atom stereocenters. The molecule has 1 aliphatic heterocycles. The van der Waals surface area contributed by atoms with Gasteiger partial charge in [0.2, 0.25) is 0 Å². The fourth-order valence-electron chi connectivity index (χ4n) is 2.29. The van der Waals surface area contributed by atoms with Crippen LogP contribution >= 0.6 is 55.3 Å². The molecule has 0 bridgehead atoms. The first kappa shape index (κ1) is 24.3. The van der Waals surface area contributed by atoms with Crippen molar-refractivity contribution in [2.24, 2.45) is 0 Å². The van der Waals surface area contributed by atoms with Crippen molar-refractivity contribution in [3.8, 4) is 0 Å². The Balaban J connectivity index is 2.22. The van der Waals surface area contributed by atoms with Gasteiger partial charge in [0, 0.05) is 38.6 Å². The van der Waals surface area contributed by atoms with Crippen LogP contribution in [0.3, 0.4) is 0 Å². The van der Waals surface area contributed by atoms with Crippen LogP contribution in [0.5, 0.6) is 0 Å². The second kappa shape index (κ2) is 12.7. The summed E-state index contributed by atoms with van der Waals surface area (Å²) in [5, 5.41) is 0. The van der Waals surface area contributed by atoms with E-state index >= 15 is 0 Å². The Labute approximate surface area is 176 Å². The SMILES string of the molecule is CCCCCC(C)(C)SSC1=CNN(SSC(C)(C)CCCCC)S1. The van der Waals surface area contributed by atoms with Crippen molar-refractivity contribution in [2.45, 2.75) is 102 Å². The number of nitrogens with zero attached hydrogens (tertiary/aromatic N) is 1. The van der Waals surface area contributed by atoms with Gasteiger partial charge in [-0.3, -0.25) is 0 Å². The minimum atomic E-state index is 0.327. The zero-order valence-electron chi connectivity index (χ0n) is 16.7. The summed E-state index contributed by atoms with van der Waals surface area (Å²) in [5.74, 6) is 0. The zero-order chi connectivity index (χ0) is 18.8. The van der Waals surface area contributed by atoms with E-state index in [1.165, 1.54) is 55.6 Å². The number of rotatable bonds is 14. The van der Waals surface area contributed by atoms with E-state index in [1.807, 2.05) is 55.3 Å². The first-order valence-corrected chi connectivity index (χ1v) is 14.5. The lowest BCUT2D eigenvalue weighted by molar-refractivity contribution is 0.575. The fourth-order valence-corrected chi connectivity index (χ4v) is 8.37. The van der Waals surface area contributed by atoms with E-state index < -0.39 is 0 Å². The van der Waals surface area contributed by atoms with Crippen LogP contribution in [0.1, 0.15) is 92.9 Å². The maximum absolute atomic E-state index is 3.38. The summed E-state index contributed by atoms with van der Waals surface area (Å²) in [7, 11) is 7.73. The summed E-state index contributed by atoms with van der Waals surface area (Å²) in [5.41, 5.74) is 3.38. The Morgan fingerprint density at radius 2 is 1.48 bits per heavy atom. The molecule has 2 nitrogen and oxygen atoms in total. The lowest BCUT2D eigenvalue weighted by atomic mass is 10.0. The van der Waals surface area contributed by atoms with Crippen LogP contribution < -0.4 is 5.43 Å². The van der Waals surface area contributed by atoms with Crippen LogP contribution in [-0.2, 0) is 0 Å². The maximum Gasteiger partial charge on any atom is 0.0865 e. The van der Waals surface area contributed by atoms with Gasteiger partial charge in [0.15, 0.2) is 0 Å².